The van der Waals surface area contributed by atoms with Crippen LogP contribution in [0.15, 0.2) is 39.4 Å². The van der Waals surface area contributed by atoms with E-state index < -0.39 is 29.6 Å². The maximum Gasteiger partial charge on any atom is 0.330 e. The summed E-state index contributed by atoms with van der Waals surface area (Å²) in [6.07, 6.45) is 7.32. The molecule has 2 aliphatic heterocycles. The van der Waals surface area contributed by atoms with Crippen LogP contribution in [-0.4, -0.2) is 76.8 Å². The Morgan fingerprint density at radius 1 is 1.23 bits per heavy atom. The number of ether oxygens (including phenoxy) is 2. The molecule has 2 fully saturated rings. The van der Waals surface area contributed by atoms with Crippen molar-refractivity contribution in [3.05, 3.63) is 61.5 Å². The van der Waals surface area contributed by atoms with Crippen molar-refractivity contribution in [2.24, 2.45) is 5.11 Å². The first kappa shape index (κ1) is 27.3. The van der Waals surface area contributed by atoms with Crippen molar-refractivity contribution in [3.63, 3.8) is 0 Å². The molecule has 0 aromatic carbocycles. The first-order valence-corrected chi connectivity index (χ1v) is 12.6. The minimum absolute atomic E-state index is 0.0504. The van der Waals surface area contributed by atoms with E-state index >= 15 is 0 Å². The summed E-state index contributed by atoms with van der Waals surface area (Å²) in [6, 6.07) is -0.0896. The molecule has 6 N–H and O–H groups in total. The molecule has 0 bridgehead atoms. The van der Waals surface area contributed by atoms with Crippen molar-refractivity contribution in [2.75, 3.05) is 24.3 Å². The van der Waals surface area contributed by atoms with Gasteiger partial charge in [0.15, 0.2) is 23.2 Å². The molecule has 3 aliphatic rings. The molecule has 17 heteroatoms. The fraction of sp³-hybridized carbons (Fsp3) is 0.522. The molecule has 6 rings (SSSR count). The van der Waals surface area contributed by atoms with Crippen LogP contribution in [-0.2, 0) is 9.47 Å². The Kier molecular flexibility index (Phi) is 7.81. The van der Waals surface area contributed by atoms with Crippen LogP contribution in [0.1, 0.15) is 37.3 Å². The predicted molar refractivity (Wildman–Crippen MR) is 141 cm³/mol. The van der Waals surface area contributed by atoms with E-state index in [-0.39, 0.29) is 37.9 Å². The molecule has 0 spiro atoms. The molecule has 0 unspecified atom stereocenters. The van der Waals surface area contributed by atoms with Crippen molar-refractivity contribution in [3.8, 4) is 0 Å². The molecule has 3 aromatic heterocycles. The van der Waals surface area contributed by atoms with Crippen LogP contribution in [0.5, 0.6) is 0 Å². The summed E-state index contributed by atoms with van der Waals surface area (Å²) in [4.78, 5) is 40.7. The van der Waals surface area contributed by atoms with Crippen molar-refractivity contribution >= 4 is 22.9 Å². The van der Waals surface area contributed by atoms with Gasteiger partial charge >= 0.3 is 5.69 Å². The van der Waals surface area contributed by atoms with Crippen LogP contribution in [0.3, 0.4) is 0 Å². The van der Waals surface area contributed by atoms with Gasteiger partial charge in [0, 0.05) is 29.1 Å². The van der Waals surface area contributed by atoms with Gasteiger partial charge in [0.1, 0.15) is 12.3 Å². The quantitative estimate of drug-likeness (QED) is 0.114. The van der Waals surface area contributed by atoms with Crippen LogP contribution in [0.4, 0.5) is 11.8 Å². The van der Waals surface area contributed by atoms with Crippen LogP contribution in [0.25, 0.3) is 21.6 Å². The Bertz CT molecular complexity index is 1570. The van der Waals surface area contributed by atoms with Crippen LogP contribution in [0.2, 0.25) is 0 Å². The average molecular weight is 556 g/mol. The highest BCUT2D eigenvalue weighted by atomic mass is 16.5. The number of H-pyrrole nitrogens is 1. The van der Waals surface area contributed by atoms with Crippen LogP contribution >= 0.6 is 0 Å². The Labute approximate surface area is 225 Å². The van der Waals surface area contributed by atoms with Crippen molar-refractivity contribution in [1.82, 2.24) is 29.1 Å². The van der Waals surface area contributed by atoms with Crippen molar-refractivity contribution in [2.45, 2.75) is 62.9 Å². The zero-order valence-electron chi connectivity index (χ0n) is 21.5. The molecule has 3 aromatic rings. The zero-order chi connectivity index (χ0) is 28.4. The summed E-state index contributed by atoms with van der Waals surface area (Å²) >= 11 is 0. The van der Waals surface area contributed by atoms with Gasteiger partial charge in [-0.05, 0) is 31.4 Å². The van der Waals surface area contributed by atoms with Gasteiger partial charge in [-0.2, -0.15) is 9.97 Å². The van der Waals surface area contributed by atoms with Gasteiger partial charge in [0.05, 0.1) is 31.7 Å². The highest BCUT2D eigenvalue weighted by Gasteiger charge is 2.35. The highest BCUT2D eigenvalue weighted by Crippen LogP contribution is 2.31. The predicted octanol–water partition coefficient (Wildman–Crippen LogP) is 0.232. The summed E-state index contributed by atoms with van der Waals surface area (Å²) in [7, 11) is 0. The molecule has 5 atom stereocenters. The lowest BCUT2D eigenvalue weighted by Gasteiger charge is -2.14. The molecule has 1 aliphatic carbocycles. The van der Waals surface area contributed by atoms with Gasteiger partial charge in [-0.1, -0.05) is 11.2 Å². The summed E-state index contributed by atoms with van der Waals surface area (Å²) in [5, 5.41) is 25.1. The van der Waals surface area contributed by atoms with E-state index in [2.05, 4.69) is 35.3 Å². The number of hydrogen-bond donors (Lipinski definition) is 5. The standard InChI is InChI=1S/C13H16N6O2.C10H13N5O4/c14-13-17-11(16-7-1-2-7)10-12(18-13)19(6-15-10)9-4-3-8(5-20)21-9;1-5-3-15(10(18)12-9(5)17)8-2-6(13-14-11)7(4-16)19-8/h3-4,6-9,20H,1-2,5H2,(H3,14,16,17,18);3,6-8,16H,2,4H2,1H3,(H,12,17,18)/t8-,9+;6-,7+,8+/m00/s1. The molecule has 5 heterocycles. The number of hydrogen-bond acceptors (Lipinski definition) is 12. The lowest BCUT2D eigenvalue weighted by atomic mass is 10.1. The Balaban J connectivity index is 0.000000162. The normalized spacial score (nSPS) is 25.4. The number of azide groups is 1. The van der Waals surface area contributed by atoms with Crippen LogP contribution in [0, 0.1) is 6.92 Å². The third-order valence-electron chi connectivity index (χ3n) is 6.66. The number of aliphatic hydroxyl groups excluding tert-OH is 2. The number of nitrogens with zero attached hydrogens (tertiary/aromatic N) is 8. The van der Waals surface area contributed by atoms with Gasteiger partial charge < -0.3 is 30.7 Å². The largest absolute Gasteiger partial charge is 0.394 e. The highest BCUT2D eigenvalue weighted by molar-refractivity contribution is 5.84. The molecule has 40 heavy (non-hydrogen) atoms. The number of aromatic amines is 1. The SMILES string of the molecule is Cc1cn([C@H]2C[C@H](N=[N+]=[N-])[C@@H](CO)O2)c(=O)[nH]c1=O.Nc1nc(NC2CC2)c2ncn([C@H]3C=C[C@@H](CO)O3)c2n1. The summed E-state index contributed by atoms with van der Waals surface area (Å²) in [5.74, 6) is 0.868. The van der Waals surface area contributed by atoms with Crippen LogP contribution < -0.4 is 22.3 Å². The Morgan fingerprint density at radius 2 is 2.02 bits per heavy atom. The van der Waals surface area contributed by atoms with E-state index in [1.807, 2.05) is 12.2 Å². The lowest BCUT2D eigenvalue weighted by molar-refractivity contribution is -0.0271. The molecule has 0 amide bonds. The molecule has 0 radical (unpaired) electrons. The van der Waals surface area contributed by atoms with Gasteiger partial charge in [0.2, 0.25) is 5.95 Å². The zero-order valence-corrected chi connectivity index (χ0v) is 21.5. The Morgan fingerprint density at radius 3 is 2.70 bits per heavy atom. The topological polar surface area (TPSA) is 244 Å². The number of nitrogens with one attached hydrogen (secondary N) is 2. The molecule has 1 saturated heterocycles. The number of nitrogens with two attached hydrogens (primary N) is 1. The molecular formula is C23H29N11O6. The van der Waals surface area contributed by atoms with Gasteiger partial charge in [0.25, 0.3) is 5.56 Å². The number of aryl methyl sites for hydroxylation is 1. The van der Waals surface area contributed by atoms with E-state index in [9.17, 15) is 9.59 Å². The number of anilines is 2. The van der Waals surface area contributed by atoms with Gasteiger partial charge in [-0.3, -0.25) is 18.9 Å². The number of fused-ring (bicyclic) bond motifs is 1. The van der Waals surface area contributed by atoms with Crippen molar-refractivity contribution < 1.29 is 19.7 Å². The fourth-order valence-electron chi connectivity index (χ4n) is 4.43. The molecule has 17 nitrogen and oxygen atoms in total. The second-order valence-corrected chi connectivity index (χ2v) is 9.60. The lowest BCUT2D eigenvalue weighted by Crippen LogP contribution is -2.33. The third kappa shape index (κ3) is 5.68. The first-order chi connectivity index (χ1) is 19.3. The van der Waals surface area contributed by atoms with Gasteiger partial charge in [-0.25, -0.2) is 9.78 Å². The van der Waals surface area contributed by atoms with E-state index in [0.29, 0.717) is 28.6 Å². The summed E-state index contributed by atoms with van der Waals surface area (Å²) in [6.45, 7) is 1.21. The van der Waals surface area contributed by atoms with E-state index in [0.717, 1.165) is 12.8 Å². The van der Waals surface area contributed by atoms with E-state index in [1.165, 1.54) is 10.8 Å². The van der Waals surface area contributed by atoms with Crippen molar-refractivity contribution in [1.29, 1.82) is 0 Å². The fourth-order valence-corrected chi connectivity index (χ4v) is 4.43. The molecular weight excluding hydrogens is 526 g/mol. The second-order valence-electron chi connectivity index (χ2n) is 9.60. The van der Waals surface area contributed by atoms with E-state index in [1.54, 1.807) is 17.8 Å². The Hall–Kier alpha value is -4.28. The number of rotatable bonds is 7. The maximum absolute atomic E-state index is 11.7. The average Bonchev–Trinajstić information content (AvgIpc) is 3.29. The number of imidazole rings is 1. The first-order valence-electron chi connectivity index (χ1n) is 12.6. The van der Waals surface area contributed by atoms with Gasteiger partial charge in [-0.15, -0.1) is 0 Å². The maximum atomic E-state index is 11.7. The van der Waals surface area contributed by atoms with E-state index in [4.69, 9.17) is 31.0 Å². The second kappa shape index (κ2) is 11.4. The monoisotopic (exact) mass is 555 g/mol. The summed E-state index contributed by atoms with van der Waals surface area (Å²) in [5.41, 5.74) is 14.9. The minimum Gasteiger partial charge on any atom is -0.394 e. The molecule has 1 saturated carbocycles. The number of aromatic nitrogens is 6. The number of aliphatic hydroxyl groups is 2. The molecule has 212 valence electrons. The number of nitrogen functional groups attached to an aromatic ring is 1. The minimum atomic E-state index is -0.671. The summed E-state index contributed by atoms with van der Waals surface area (Å²) < 4.78 is 14.2. The smallest absolute Gasteiger partial charge is 0.330 e. The third-order valence-corrected chi connectivity index (χ3v) is 6.66.